The van der Waals surface area contributed by atoms with Crippen LogP contribution in [0, 0.1) is 0 Å². The molecule has 0 radical (unpaired) electrons. The van der Waals surface area contributed by atoms with Crippen LogP contribution in [-0.4, -0.2) is 18.5 Å². The smallest absolute Gasteiger partial charge is 0.0708 e. The van der Waals surface area contributed by atoms with E-state index < -0.39 is 0 Å². The molecule has 2 heteroatoms. The normalized spacial score (nSPS) is 12.8. The lowest BCUT2D eigenvalue weighted by molar-refractivity contribution is 0.123. The van der Waals surface area contributed by atoms with E-state index in [0.29, 0.717) is 0 Å². The van der Waals surface area contributed by atoms with Crippen molar-refractivity contribution in [3.8, 4) is 0 Å². The Bertz CT molecular complexity index is 206. The molecule has 0 saturated heterocycles. The first-order valence-electron chi connectivity index (χ1n) is 3.99. The van der Waals surface area contributed by atoms with Gasteiger partial charge in [-0.15, -0.1) is 0 Å². The van der Waals surface area contributed by atoms with Gasteiger partial charge in [-0.05, 0) is 12.0 Å². The molecule has 0 saturated carbocycles. The Balaban J connectivity index is 2.51. The number of hydrogen-bond donors (Lipinski definition) is 0. The van der Waals surface area contributed by atoms with Crippen molar-refractivity contribution in [1.29, 1.82) is 0 Å². The molecule has 0 unspecified atom stereocenters. The van der Waals surface area contributed by atoms with Crippen LogP contribution in [0.4, 0.5) is 0 Å². The summed E-state index contributed by atoms with van der Waals surface area (Å²) in [4.78, 5) is 0. The summed E-state index contributed by atoms with van der Waals surface area (Å²) in [7, 11) is 1.74. The number of halogens is 1. The Kier molecular flexibility index (Phi) is 4.33. The predicted octanol–water partition coefficient (Wildman–Crippen LogP) is 2.64. The Morgan fingerprint density at radius 2 is 2.00 bits per heavy atom. The molecule has 0 heterocycles. The summed E-state index contributed by atoms with van der Waals surface area (Å²) in [5, 5.41) is 0.887. The van der Waals surface area contributed by atoms with Gasteiger partial charge < -0.3 is 4.74 Å². The van der Waals surface area contributed by atoms with Crippen LogP contribution in [-0.2, 0) is 11.2 Å². The molecule has 12 heavy (non-hydrogen) atoms. The lowest BCUT2D eigenvalue weighted by Crippen LogP contribution is -2.15. The molecule has 0 spiro atoms. The minimum Gasteiger partial charge on any atom is -0.380 e. The maximum atomic E-state index is 5.26. The van der Waals surface area contributed by atoms with Crippen LogP contribution in [0.2, 0.25) is 0 Å². The van der Waals surface area contributed by atoms with Crippen molar-refractivity contribution < 1.29 is 4.74 Å². The van der Waals surface area contributed by atoms with Gasteiger partial charge >= 0.3 is 0 Å². The topological polar surface area (TPSA) is 9.23 Å². The Labute approximate surface area is 81.9 Å². The molecule has 0 fully saturated rings. The first-order valence-corrected chi connectivity index (χ1v) is 5.11. The van der Waals surface area contributed by atoms with Crippen LogP contribution in [0.25, 0.3) is 0 Å². The van der Waals surface area contributed by atoms with Crippen LogP contribution in [0.5, 0.6) is 0 Å². The van der Waals surface area contributed by atoms with E-state index in [4.69, 9.17) is 4.74 Å². The Hall–Kier alpha value is -0.340. The van der Waals surface area contributed by atoms with Crippen molar-refractivity contribution in [3.05, 3.63) is 35.9 Å². The average Bonchev–Trinajstić information content (AvgIpc) is 2.16. The zero-order valence-corrected chi connectivity index (χ0v) is 8.75. The summed E-state index contributed by atoms with van der Waals surface area (Å²) in [5.41, 5.74) is 1.32. The van der Waals surface area contributed by atoms with Gasteiger partial charge in [0.2, 0.25) is 0 Å². The van der Waals surface area contributed by atoms with Gasteiger partial charge in [-0.2, -0.15) is 0 Å². The fourth-order valence-electron chi connectivity index (χ4n) is 1.08. The third-order valence-electron chi connectivity index (χ3n) is 1.81. The van der Waals surface area contributed by atoms with E-state index in [2.05, 4.69) is 40.2 Å². The van der Waals surface area contributed by atoms with Gasteiger partial charge in [-0.25, -0.2) is 0 Å². The number of ether oxygens (including phenoxy) is 1. The van der Waals surface area contributed by atoms with E-state index in [1.54, 1.807) is 7.11 Å². The summed E-state index contributed by atoms with van der Waals surface area (Å²) in [6.07, 6.45) is 1.26. The maximum absolute atomic E-state index is 5.26. The van der Waals surface area contributed by atoms with Gasteiger partial charge in [0, 0.05) is 12.4 Å². The molecule has 66 valence electrons. The van der Waals surface area contributed by atoms with Crippen LogP contribution < -0.4 is 0 Å². The lowest BCUT2D eigenvalue weighted by atomic mass is 10.1. The number of hydrogen-bond acceptors (Lipinski definition) is 1. The van der Waals surface area contributed by atoms with Crippen LogP contribution in [0.3, 0.4) is 0 Å². The molecule has 0 aromatic heterocycles. The molecule has 1 nitrogen and oxygen atoms in total. The minimum atomic E-state index is 0.285. The van der Waals surface area contributed by atoms with E-state index in [0.717, 1.165) is 11.8 Å². The molecular formula is C10H13BrO. The number of methoxy groups -OCH3 is 1. The van der Waals surface area contributed by atoms with Gasteiger partial charge in [0.15, 0.2) is 0 Å². The SMILES string of the molecule is CO[C@H](CBr)Cc1ccccc1. The van der Waals surface area contributed by atoms with Crippen molar-refractivity contribution in [3.63, 3.8) is 0 Å². The fraction of sp³-hybridized carbons (Fsp3) is 0.400. The molecular weight excluding hydrogens is 216 g/mol. The summed E-state index contributed by atoms with van der Waals surface area (Å²) >= 11 is 3.41. The molecule has 1 rings (SSSR count). The van der Waals surface area contributed by atoms with Gasteiger partial charge in [0.25, 0.3) is 0 Å². The van der Waals surface area contributed by atoms with Gasteiger partial charge in [0.1, 0.15) is 0 Å². The van der Waals surface area contributed by atoms with Crippen LogP contribution in [0.15, 0.2) is 30.3 Å². The molecule has 0 amide bonds. The number of alkyl halides is 1. The van der Waals surface area contributed by atoms with E-state index >= 15 is 0 Å². The highest BCUT2D eigenvalue weighted by Crippen LogP contribution is 2.06. The molecule has 1 aromatic rings. The van der Waals surface area contributed by atoms with Gasteiger partial charge in [0.05, 0.1) is 6.10 Å². The van der Waals surface area contributed by atoms with E-state index in [1.807, 2.05) is 6.07 Å². The average molecular weight is 229 g/mol. The molecule has 1 atom stereocenters. The second-order valence-electron chi connectivity index (χ2n) is 2.70. The highest BCUT2D eigenvalue weighted by Gasteiger charge is 2.04. The van der Waals surface area contributed by atoms with Crippen molar-refractivity contribution in [2.24, 2.45) is 0 Å². The predicted molar refractivity (Wildman–Crippen MR) is 54.7 cm³/mol. The maximum Gasteiger partial charge on any atom is 0.0708 e. The molecule has 0 aliphatic carbocycles. The third kappa shape index (κ3) is 2.95. The molecule has 0 aliphatic rings. The number of benzene rings is 1. The minimum absolute atomic E-state index is 0.285. The highest BCUT2D eigenvalue weighted by atomic mass is 79.9. The zero-order chi connectivity index (χ0) is 8.81. The lowest BCUT2D eigenvalue weighted by Gasteiger charge is -2.11. The van der Waals surface area contributed by atoms with E-state index in [9.17, 15) is 0 Å². The van der Waals surface area contributed by atoms with E-state index in [1.165, 1.54) is 5.56 Å². The molecule has 0 N–H and O–H groups in total. The van der Waals surface area contributed by atoms with Gasteiger partial charge in [-0.1, -0.05) is 46.3 Å². The Morgan fingerprint density at radius 3 is 2.50 bits per heavy atom. The van der Waals surface area contributed by atoms with Crippen molar-refractivity contribution in [1.82, 2.24) is 0 Å². The number of rotatable bonds is 4. The second-order valence-corrected chi connectivity index (χ2v) is 3.35. The first kappa shape index (κ1) is 9.75. The fourth-order valence-corrected chi connectivity index (χ4v) is 1.57. The molecule has 1 aromatic carbocycles. The second kappa shape index (κ2) is 5.33. The zero-order valence-electron chi connectivity index (χ0n) is 7.16. The highest BCUT2D eigenvalue weighted by molar-refractivity contribution is 9.09. The van der Waals surface area contributed by atoms with Crippen molar-refractivity contribution >= 4 is 15.9 Å². The monoisotopic (exact) mass is 228 g/mol. The summed E-state index contributed by atoms with van der Waals surface area (Å²) in [6, 6.07) is 10.4. The largest absolute Gasteiger partial charge is 0.380 e. The Morgan fingerprint density at radius 1 is 1.33 bits per heavy atom. The standard InChI is InChI=1S/C10H13BrO/c1-12-10(8-11)7-9-5-3-2-4-6-9/h2-6,10H,7-8H2,1H3/t10-/m0/s1. The van der Waals surface area contributed by atoms with Crippen molar-refractivity contribution in [2.75, 3.05) is 12.4 Å². The summed E-state index contributed by atoms with van der Waals surface area (Å²) < 4.78 is 5.26. The van der Waals surface area contributed by atoms with E-state index in [-0.39, 0.29) is 6.10 Å². The molecule has 0 aliphatic heterocycles. The quantitative estimate of drug-likeness (QED) is 0.721. The van der Waals surface area contributed by atoms with Gasteiger partial charge in [-0.3, -0.25) is 0 Å². The third-order valence-corrected chi connectivity index (χ3v) is 2.53. The first-order chi connectivity index (χ1) is 5.86. The van der Waals surface area contributed by atoms with Crippen LogP contribution >= 0.6 is 15.9 Å². The van der Waals surface area contributed by atoms with Crippen molar-refractivity contribution in [2.45, 2.75) is 12.5 Å². The summed E-state index contributed by atoms with van der Waals surface area (Å²) in [6.45, 7) is 0. The van der Waals surface area contributed by atoms with Crippen LogP contribution in [0.1, 0.15) is 5.56 Å². The summed E-state index contributed by atoms with van der Waals surface area (Å²) in [5.74, 6) is 0. The molecule has 0 bridgehead atoms.